The molecule has 0 saturated carbocycles. The number of hydrogen-bond donors (Lipinski definition) is 1. The van der Waals surface area contributed by atoms with Gasteiger partial charge in [-0.05, 0) is 18.2 Å². The van der Waals surface area contributed by atoms with Gasteiger partial charge in [0.25, 0.3) is 5.91 Å². The highest BCUT2D eigenvalue weighted by Crippen LogP contribution is 2.37. The third-order valence-corrected chi connectivity index (χ3v) is 4.95. The van der Waals surface area contributed by atoms with Crippen molar-refractivity contribution < 1.29 is 9.53 Å². The number of amides is 1. The summed E-state index contributed by atoms with van der Waals surface area (Å²) < 4.78 is 5.24. The highest BCUT2D eigenvalue weighted by Gasteiger charge is 2.34. The van der Waals surface area contributed by atoms with Crippen LogP contribution in [0.15, 0.2) is 60.3 Å². The Hall–Kier alpha value is -3.67. The molecule has 27 heavy (non-hydrogen) atoms. The van der Waals surface area contributed by atoms with Gasteiger partial charge in [0, 0.05) is 22.7 Å². The lowest BCUT2D eigenvalue weighted by molar-refractivity contribution is 0.0831. The zero-order valence-corrected chi connectivity index (χ0v) is 14.6. The maximum absolute atomic E-state index is 12.8. The predicted octanol–water partition coefficient (Wildman–Crippen LogP) is 3.30. The lowest BCUT2D eigenvalue weighted by Gasteiger charge is -2.19. The van der Waals surface area contributed by atoms with E-state index >= 15 is 0 Å². The number of ether oxygens (including phenoxy) is 1. The Morgan fingerprint density at radius 2 is 1.96 bits per heavy atom. The molecule has 1 aliphatic carbocycles. The molecule has 0 fully saturated rings. The molecule has 3 aromatic rings. The number of nitrogens with two attached hydrogens (primary N) is 1. The smallest absolute Gasteiger partial charge is 0.262 e. The monoisotopic (exact) mass is 356 g/mol. The van der Waals surface area contributed by atoms with Crippen LogP contribution in [0.5, 0.6) is 5.88 Å². The first kappa shape index (κ1) is 15.6. The molecule has 6 heteroatoms. The van der Waals surface area contributed by atoms with E-state index in [0.717, 1.165) is 27.9 Å². The van der Waals surface area contributed by atoms with E-state index in [0.29, 0.717) is 29.4 Å². The molecule has 6 nitrogen and oxygen atoms in total. The van der Waals surface area contributed by atoms with Crippen molar-refractivity contribution in [2.75, 3.05) is 12.8 Å². The number of allylic oxidation sites excluding steroid dienone is 3. The van der Waals surface area contributed by atoms with Crippen molar-refractivity contribution >= 4 is 22.5 Å². The van der Waals surface area contributed by atoms with E-state index in [2.05, 4.69) is 4.98 Å². The number of carbonyl (C=O) groups is 1. The third-order valence-electron chi connectivity index (χ3n) is 4.95. The number of nitrogen functional groups attached to an aromatic ring is 1. The van der Waals surface area contributed by atoms with Gasteiger partial charge in [0.1, 0.15) is 0 Å². The van der Waals surface area contributed by atoms with Crippen LogP contribution in [0.25, 0.3) is 22.2 Å². The van der Waals surface area contributed by atoms with E-state index in [9.17, 15) is 4.79 Å². The van der Waals surface area contributed by atoms with Crippen LogP contribution < -0.4 is 10.5 Å². The molecule has 0 radical (unpaired) electrons. The van der Waals surface area contributed by atoms with Crippen molar-refractivity contribution in [2.24, 2.45) is 0 Å². The molecule has 3 heterocycles. The van der Waals surface area contributed by atoms with E-state index in [1.807, 2.05) is 48.6 Å². The minimum atomic E-state index is -0.0996. The summed E-state index contributed by atoms with van der Waals surface area (Å²) in [6.07, 6.45) is 5.72. The van der Waals surface area contributed by atoms with Crippen molar-refractivity contribution in [2.45, 2.75) is 6.54 Å². The van der Waals surface area contributed by atoms with Crippen LogP contribution in [0, 0.1) is 0 Å². The standard InChI is InChI=1S/C21H16N4O2/c1-27-17-10-4-9-15(23-17)13-7-3-8-14-19(22)18-16(24-20(13)14)11-25(21(18)26)12-5-2-6-12/h2-10H,11H2,1H3,(H2,22,24). The number of pyridine rings is 2. The van der Waals surface area contributed by atoms with Gasteiger partial charge in [0.05, 0.1) is 41.8 Å². The number of anilines is 1. The Kier molecular flexibility index (Phi) is 3.27. The van der Waals surface area contributed by atoms with Gasteiger partial charge in [0.15, 0.2) is 0 Å². The van der Waals surface area contributed by atoms with E-state index in [1.165, 1.54) is 0 Å². The fourth-order valence-electron chi connectivity index (χ4n) is 3.53. The highest BCUT2D eigenvalue weighted by atomic mass is 16.5. The molecule has 0 unspecified atom stereocenters. The maximum Gasteiger partial charge on any atom is 0.262 e. The van der Waals surface area contributed by atoms with Crippen LogP contribution in [0.2, 0.25) is 0 Å². The molecule has 1 aliphatic heterocycles. The van der Waals surface area contributed by atoms with E-state index < -0.39 is 0 Å². The SMILES string of the molecule is COc1cccc(-c2cccc3c(N)c4c(nc23)CN(C2=CC=C2)C4=O)n1. The van der Waals surface area contributed by atoms with Gasteiger partial charge in [-0.1, -0.05) is 30.3 Å². The predicted molar refractivity (Wildman–Crippen MR) is 103 cm³/mol. The zero-order valence-electron chi connectivity index (χ0n) is 14.6. The third kappa shape index (κ3) is 2.23. The minimum absolute atomic E-state index is 0.0996. The van der Waals surface area contributed by atoms with Crippen LogP contribution in [0.1, 0.15) is 16.1 Å². The van der Waals surface area contributed by atoms with Crippen molar-refractivity contribution in [3.05, 3.63) is 71.6 Å². The van der Waals surface area contributed by atoms with Crippen molar-refractivity contribution in [1.29, 1.82) is 0 Å². The molecule has 2 N–H and O–H groups in total. The molecule has 1 aromatic carbocycles. The molecule has 132 valence electrons. The Morgan fingerprint density at radius 1 is 1.15 bits per heavy atom. The number of benzene rings is 1. The average molecular weight is 356 g/mol. The molecule has 1 amide bonds. The normalized spacial score (nSPS) is 14.9. The Labute approximate surface area is 155 Å². The number of methoxy groups -OCH3 is 1. The highest BCUT2D eigenvalue weighted by molar-refractivity contribution is 6.11. The molecule has 5 rings (SSSR count). The topological polar surface area (TPSA) is 81.3 Å². The first-order chi connectivity index (χ1) is 13.2. The van der Waals surface area contributed by atoms with Gasteiger partial charge < -0.3 is 15.4 Å². The van der Waals surface area contributed by atoms with Crippen molar-refractivity contribution in [3.63, 3.8) is 0 Å². The van der Waals surface area contributed by atoms with E-state index in [4.69, 9.17) is 15.5 Å². The summed E-state index contributed by atoms with van der Waals surface area (Å²) >= 11 is 0. The molecule has 2 aliphatic rings. The fraction of sp³-hybridized carbons (Fsp3) is 0.0952. The lowest BCUT2D eigenvalue weighted by Crippen LogP contribution is -2.24. The largest absolute Gasteiger partial charge is 0.481 e. The van der Waals surface area contributed by atoms with Crippen LogP contribution >= 0.6 is 0 Å². The number of hydrogen-bond acceptors (Lipinski definition) is 5. The molecule has 2 aromatic heterocycles. The molecule has 0 atom stereocenters. The summed E-state index contributed by atoms with van der Waals surface area (Å²) in [4.78, 5) is 23.9. The second-order valence-electron chi connectivity index (χ2n) is 6.46. The molecular formula is C21H16N4O2. The summed E-state index contributed by atoms with van der Waals surface area (Å²) in [5.41, 5.74) is 11.3. The molecular weight excluding hydrogens is 340 g/mol. The molecule has 0 saturated heterocycles. The Morgan fingerprint density at radius 3 is 2.70 bits per heavy atom. The second kappa shape index (κ2) is 5.67. The quantitative estimate of drug-likeness (QED) is 0.779. The van der Waals surface area contributed by atoms with Crippen LogP contribution in [0.3, 0.4) is 0 Å². The van der Waals surface area contributed by atoms with Crippen molar-refractivity contribution in [3.8, 4) is 17.1 Å². The first-order valence-corrected chi connectivity index (χ1v) is 8.60. The molecule has 0 bridgehead atoms. The number of aromatic nitrogens is 2. The number of para-hydroxylation sites is 1. The van der Waals surface area contributed by atoms with Gasteiger partial charge in [0.2, 0.25) is 5.88 Å². The summed E-state index contributed by atoms with van der Waals surface area (Å²) in [6.45, 7) is 0.421. The number of rotatable bonds is 3. The van der Waals surface area contributed by atoms with Crippen LogP contribution in [-0.2, 0) is 6.54 Å². The van der Waals surface area contributed by atoms with Gasteiger partial charge in [-0.2, -0.15) is 0 Å². The average Bonchev–Trinajstić information content (AvgIpc) is 2.96. The summed E-state index contributed by atoms with van der Waals surface area (Å²) in [5, 5.41) is 0.754. The maximum atomic E-state index is 12.8. The second-order valence-corrected chi connectivity index (χ2v) is 6.46. The van der Waals surface area contributed by atoms with Crippen LogP contribution in [-0.4, -0.2) is 27.9 Å². The minimum Gasteiger partial charge on any atom is -0.481 e. The lowest BCUT2D eigenvalue weighted by atomic mass is 10.0. The van der Waals surface area contributed by atoms with Gasteiger partial charge in [-0.15, -0.1) is 0 Å². The fourth-order valence-corrected chi connectivity index (χ4v) is 3.53. The van der Waals surface area contributed by atoms with Gasteiger partial charge in [-0.25, -0.2) is 9.97 Å². The molecule has 0 spiro atoms. The summed E-state index contributed by atoms with van der Waals surface area (Å²) in [7, 11) is 1.59. The number of carbonyl (C=O) groups excluding carboxylic acids is 1. The van der Waals surface area contributed by atoms with Crippen LogP contribution in [0.4, 0.5) is 5.69 Å². The number of fused-ring (bicyclic) bond motifs is 2. The summed E-state index contributed by atoms with van der Waals surface area (Å²) in [6, 6.07) is 11.3. The van der Waals surface area contributed by atoms with E-state index in [1.54, 1.807) is 18.1 Å². The Bertz CT molecular complexity index is 1180. The van der Waals surface area contributed by atoms with Crippen molar-refractivity contribution in [1.82, 2.24) is 14.9 Å². The van der Waals surface area contributed by atoms with E-state index in [-0.39, 0.29) is 5.91 Å². The summed E-state index contributed by atoms with van der Waals surface area (Å²) in [5.74, 6) is 0.432. The number of nitrogens with zero attached hydrogens (tertiary/aromatic N) is 3. The zero-order chi connectivity index (χ0) is 18.5. The first-order valence-electron chi connectivity index (χ1n) is 8.60. The Balaban J connectivity index is 1.71. The van der Waals surface area contributed by atoms with Gasteiger partial charge in [-0.3, -0.25) is 4.79 Å². The van der Waals surface area contributed by atoms with Gasteiger partial charge >= 0.3 is 0 Å².